The van der Waals surface area contributed by atoms with Crippen molar-refractivity contribution in [1.82, 2.24) is 4.90 Å². The summed E-state index contributed by atoms with van der Waals surface area (Å²) < 4.78 is 0. The fourth-order valence-corrected chi connectivity index (χ4v) is 3.32. The van der Waals surface area contributed by atoms with Gasteiger partial charge in [-0.3, -0.25) is 0 Å². The van der Waals surface area contributed by atoms with E-state index >= 15 is 0 Å². The molecule has 2 aromatic rings. The van der Waals surface area contributed by atoms with Crippen LogP contribution in [0.5, 0.6) is 0 Å². The number of azide groups is 1. The largest absolute Gasteiger partial charge is 0.341 e. The van der Waals surface area contributed by atoms with Crippen LogP contribution in [0.3, 0.4) is 0 Å². The van der Waals surface area contributed by atoms with Crippen LogP contribution in [0, 0.1) is 0 Å². The zero-order valence-corrected chi connectivity index (χ0v) is 14.3. The van der Waals surface area contributed by atoms with E-state index in [1.165, 1.54) is 22.5 Å². The number of aryl methyl sites for hydroxylation is 2. The van der Waals surface area contributed by atoms with Crippen LogP contribution in [0.1, 0.15) is 17.5 Å². The number of rotatable bonds is 5. The van der Waals surface area contributed by atoms with E-state index in [1.807, 2.05) is 12.1 Å². The first-order chi connectivity index (χ1) is 11.7. The molecule has 0 saturated carbocycles. The lowest BCUT2D eigenvalue weighted by Gasteiger charge is -2.27. The lowest BCUT2D eigenvalue weighted by atomic mass is 10.0. The molecule has 1 heterocycles. The third-order valence-corrected chi connectivity index (χ3v) is 4.45. The van der Waals surface area contributed by atoms with Gasteiger partial charge in [0, 0.05) is 28.5 Å². The van der Waals surface area contributed by atoms with Crippen LogP contribution >= 0.6 is 0 Å². The normalized spacial score (nSPS) is 13.0. The maximum atomic E-state index is 8.68. The summed E-state index contributed by atoms with van der Waals surface area (Å²) in [5.41, 5.74) is 14.5. The highest BCUT2D eigenvalue weighted by Crippen LogP contribution is 2.37. The maximum Gasteiger partial charge on any atom is 0.0443 e. The Kier molecular flexibility index (Phi) is 5.04. The van der Waals surface area contributed by atoms with Gasteiger partial charge >= 0.3 is 0 Å². The number of para-hydroxylation sites is 1. The second-order valence-corrected chi connectivity index (χ2v) is 6.44. The van der Waals surface area contributed by atoms with Crippen molar-refractivity contribution in [3.63, 3.8) is 0 Å². The third kappa shape index (κ3) is 3.53. The minimum Gasteiger partial charge on any atom is -0.341 e. The minimum absolute atomic E-state index is 0.690. The van der Waals surface area contributed by atoms with E-state index in [1.54, 1.807) is 0 Å². The molecule has 0 aliphatic carbocycles. The number of nitrogens with zero attached hydrogens (tertiary/aromatic N) is 5. The Labute approximate surface area is 143 Å². The number of hydrogen-bond donors (Lipinski definition) is 0. The molecule has 3 rings (SSSR count). The smallest absolute Gasteiger partial charge is 0.0443 e. The van der Waals surface area contributed by atoms with E-state index in [9.17, 15) is 0 Å². The van der Waals surface area contributed by atoms with Crippen LogP contribution in [0.15, 0.2) is 47.6 Å². The Balaban J connectivity index is 1.99. The molecule has 0 aromatic heterocycles. The first-order valence-corrected chi connectivity index (χ1v) is 8.37. The SMILES string of the molecule is CN(C)CCCN1c2ccccc2CCc2cc(N=[N+]=[N-])ccc21. The summed E-state index contributed by atoms with van der Waals surface area (Å²) >= 11 is 0. The summed E-state index contributed by atoms with van der Waals surface area (Å²) in [6, 6.07) is 14.7. The Morgan fingerprint density at radius 3 is 2.62 bits per heavy atom. The first-order valence-electron chi connectivity index (χ1n) is 8.37. The van der Waals surface area contributed by atoms with Gasteiger partial charge in [0.2, 0.25) is 0 Å². The van der Waals surface area contributed by atoms with Crippen molar-refractivity contribution in [2.24, 2.45) is 5.11 Å². The van der Waals surface area contributed by atoms with Crippen LogP contribution in [0.4, 0.5) is 17.1 Å². The van der Waals surface area contributed by atoms with Gasteiger partial charge in [-0.2, -0.15) is 0 Å². The molecule has 1 aliphatic rings. The molecule has 0 N–H and O–H groups in total. The van der Waals surface area contributed by atoms with Gasteiger partial charge in [-0.15, -0.1) is 0 Å². The summed E-state index contributed by atoms with van der Waals surface area (Å²) in [6.45, 7) is 2.04. The lowest BCUT2D eigenvalue weighted by Crippen LogP contribution is -2.23. The maximum absolute atomic E-state index is 8.68. The monoisotopic (exact) mass is 321 g/mol. The Bertz CT molecular complexity index is 762. The molecule has 24 heavy (non-hydrogen) atoms. The standard InChI is InChI=1S/C19H23N5/c1-23(2)12-5-13-24-18-7-4-3-6-15(18)8-9-16-14-17(21-22-20)10-11-19(16)24/h3-4,6-7,10-11,14H,5,8-9,12-13H2,1-2H3. The summed E-state index contributed by atoms with van der Waals surface area (Å²) in [6.07, 6.45) is 3.07. The molecule has 0 unspecified atom stereocenters. The van der Waals surface area contributed by atoms with Gasteiger partial charge in [0.05, 0.1) is 0 Å². The Hall–Kier alpha value is -2.49. The van der Waals surface area contributed by atoms with Crippen LogP contribution in [-0.4, -0.2) is 32.1 Å². The van der Waals surface area contributed by atoms with Crippen molar-refractivity contribution in [2.75, 3.05) is 32.1 Å². The van der Waals surface area contributed by atoms with Gasteiger partial charge in [0.1, 0.15) is 0 Å². The van der Waals surface area contributed by atoms with Crippen LogP contribution in [0.2, 0.25) is 0 Å². The van der Waals surface area contributed by atoms with E-state index in [-0.39, 0.29) is 0 Å². The molecule has 0 spiro atoms. The van der Waals surface area contributed by atoms with E-state index in [0.29, 0.717) is 5.69 Å². The van der Waals surface area contributed by atoms with E-state index < -0.39 is 0 Å². The average molecular weight is 321 g/mol. The predicted molar refractivity (Wildman–Crippen MR) is 99.3 cm³/mol. The molecule has 0 radical (unpaired) electrons. The zero-order chi connectivity index (χ0) is 16.9. The molecule has 0 bridgehead atoms. The van der Waals surface area contributed by atoms with E-state index in [0.717, 1.165) is 32.4 Å². The predicted octanol–water partition coefficient (Wildman–Crippen LogP) is 4.82. The van der Waals surface area contributed by atoms with Crippen molar-refractivity contribution >= 4 is 17.1 Å². The summed E-state index contributed by atoms with van der Waals surface area (Å²) in [5, 5.41) is 3.76. The van der Waals surface area contributed by atoms with E-state index in [2.05, 4.69) is 64.3 Å². The van der Waals surface area contributed by atoms with Crippen molar-refractivity contribution < 1.29 is 0 Å². The highest BCUT2D eigenvalue weighted by molar-refractivity contribution is 5.72. The summed E-state index contributed by atoms with van der Waals surface area (Å²) in [7, 11) is 4.22. The Morgan fingerprint density at radius 1 is 1.08 bits per heavy atom. The molecule has 5 nitrogen and oxygen atoms in total. The minimum atomic E-state index is 0.690. The molecular weight excluding hydrogens is 298 g/mol. The molecule has 124 valence electrons. The van der Waals surface area contributed by atoms with Crippen LogP contribution in [-0.2, 0) is 12.8 Å². The van der Waals surface area contributed by atoms with Gasteiger partial charge in [0.25, 0.3) is 0 Å². The highest BCUT2D eigenvalue weighted by atomic mass is 15.2. The number of anilines is 2. The topological polar surface area (TPSA) is 55.2 Å². The van der Waals surface area contributed by atoms with Crippen molar-refractivity contribution in [2.45, 2.75) is 19.3 Å². The fourth-order valence-electron chi connectivity index (χ4n) is 3.32. The molecule has 1 aliphatic heterocycles. The van der Waals surface area contributed by atoms with Crippen LogP contribution < -0.4 is 4.90 Å². The van der Waals surface area contributed by atoms with Crippen molar-refractivity contribution in [1.29, 1.82) is 0 Å². The summed E-state index contributed by atoms with van der Waals surface area (Å²) in [5.74, 6) is 0. The zero-order valence-electron chi connectivity index (χ0n) is 14.3. The van der Waals surface area contributed by atoms with Crippen molar-refractivity contribution in [3.8, 4) is 0 Å². The second kappa shape index (κ2) is 7.39. The molecule has 0 amide bonds. The van der Waals surface area contributed by atoms with Crippen LogP contribution in [0.25, 0.3) is 10.4 Å². The Morgan fingerprint density at radius 2 is 1.83 bits per heavy atom. The number of fused-ring (bicyclic) bond motifs is 2. The first kappa shape index (κ1) is 16.4. The van der Waals surface area contributed by atoms with Gasteiger partial charge in [0.15, 0.2) is 0 Å². The molecule has 0 saturated heterocycles. The van der Waals surface area contributed by atoms with Crippen molar-refractivity contribution in [3.05, 3.63) is 64.0 Å². The number of benzene rings is 2. The van der Waals surface area contributed by atoms with Gasteiger partial charge in [-0.05, 0) is 74.8 Å². The molecule has 0 atom stereocenters. The molecular formula is C19H23N5. The van der Waals surface area contributed by atoms with Gasteiger partial charge in [-0.1, -0.05) is 29.4 Å². The number of hydrogen-bond acceptors (Lipinski definition) is 3. The van der Waals surface area contributed by atoms with E-state index in [4.69, 9.17) is 5.53 Å². The molecule has 2 aromatic carbocycles. The highest BCUT2D eigenvalue weighted by Gasteiger charge is 2.20. The molecule has 0 fully saturated rings. The van der Waals surface area contributed by atoms with Gasteiger partial charge < -0.3 is 9.80 Å². The quantitative estimate of drug-likeness (QED) is 0.450. The average Bonchev–Trinajstić information content (AvgIpc) is 2.72. The molecule has 5 heteroatoms. The van der Waals surface area contributed by atoms with Gasteiger partial charge in [-0.25, -0.2) is 0 Å². The lowest BCUT2D eigenvalue weighted by molar-refractivity contribution is 0.402. The second-order valence-electron chi connectivity index (χ2n) is 6.44. The summed E-state index contributed by atoms with van der Waals surface area (Å²) in [4.78, 5) is 7.55. The fraction of sp³-hybridized carbons (Fsp3) is 0.368. The third-order valence-electron chi connectivity index (χ3n) is 4.45.